The van der Waals surface area contributed by atoms with Crippen molar-refractivity contribution in [2.45, 2.75) is 37.6 Å². The number of sulfonamides is 1. The van der Waals surface area contributed by atoms with E-state index in [0.717, 1.165) is 5.56 Å². The van der Waals surface area contributed by atoms with Crippen LogP contribution in [0.1, 0.15) is 45.9 Å². The number of nitrogens with one attached hydrogen (secondary N) is 1. The molecule has 4 N–H and O–H groups in total. The minimum absolute atomic E-state index is 0.102. The molecule has 1 unspecified atom stereocenters. The minimum Gasteiger partial charge on any atom is -0.481 e. The van der Waals surface area contributed by atoms with Gasteiger partial charge in [-0.1, -0.05) is 30.3 Å². The molecular weight excluding hydrogens is 368 g/mol. The highest BCUT2D eigenvalue weighted by Gasteiger charge is 2.20. The molecule has 1 amide bonds. The smallest absolute Gasteiger partial charge is 0.303 e. The van der Waals surface area contributed by atoms with Gasteiger partial charge in [0.2, 0.25) is 10.0 Å². The average Bonchev–Trinajstić information content (AvgIpc) is 2.60. The first-order chi connectivity index (χ1) is 12.6. The maximum atomic E-state index is 12.7. The third kappa shape index (κ3) is 5.38. The number of benzene rings is 2. The van der Waals surface area contributed by atoms with Crippen LogP contribution in [0.25, 0.3) is 0 Å². The monoisotopic (exact) mass is 390 g/mol. The molecule has 0 heterocycles. The van der Waals surface area contributed by atoms with Gasteiger partial charge in [-0.05, 0) is 49.1 Å². The number of amides is 1. The highest BCUT2D eigenvalue weighted by Crippen LogP contribution is 2.22. The second kappa shape index (κ2) is 8.32. The van der Waals surface area contributed by atoms with E-state index in [1.807, 2.05) is 6.07 Å². The number of carboxylic acids is 1. The van der Waals surface area contributed by atoms with E-state index in [0.29, 0.717) is 11.1 Å². The number of hydrogen-bond acceptors (Lipinski definition) is 4. The van der Waals surface area contributed by atoms with Gasteiger partial charge >= 0.3 is 5.97 Å². The summed E-state index contributed by atoms with van der Waals surface area (Å²) in [6, 6.07) is 11.3. The Morgan fingerprint density at radius 3 is 2.33 bits per heavy atom. The molecule has 1 atom stereocenters. The normalized spacial score (nSPS) is 12.4. The number of carbonyl (C=O) groups is 2. The fourth-order valence-electron chi connectivity index (χ4n) is 2.77. The zero-order valence-corrected chi connectivity index (χ0v) is 15.9. The summed E-state index contributed by atoms with van der Waals surface area (Å²) < 4.78 is 23.6. The molecule has 8 heteroatoms. The molecular formula is C19H22N2O5S. The molecule has 2 rings (SSSR count). The molecule has 144 valence electrons. The van der Waals surface area contributed by atoms with Crippen LogP contribution in [-0.2, 0) is 14.8 Å². The largest absolute Gasteiger partial charge is 0.481 e. The van der Waals surface area contributed by atoms with Gasteiger partial charge in [-0.3, -0.25) is 9.59 Å². The molecule has 2 aromatic rings. The maximum Gasteiger partial charge on any atom is 0.303 e. The van der Waals surface area contributed by atoms with E-state index in [4.69, 9.17) is 10.2 Å². The van der Waals surface area contributed by atoms with Crippen LogP contribution >= 0.6 is 0 Å². The first-order valence-electron chi connectivity index (χ1n) is 8.31. The van der Waals surface area contributed by atoms with Crippen LogP contribution in [0.5, 0.6) is 0 Å². The Hall–Kier alpha value is -2.71. The molecule has 2 aromatic carbocycles. The highest BCUT2D eigenvalue weighted by atomic mass is 32.2. The van der Waals surface area contributed by atoms with E-state index in [-0.39, 0.29) is 23.3 Å². The lowest BCUT2D eigenvalue weighted by molar-refractivity contribution is -0.137. The van der Waals surface area contributed by atoms with Crippen molar-refractivity contribution < 1.29 is 23.1 Å². The predicted octanol–water partition coefficient (Wildman–Crippen LogP) is 2.29. The molecule has 0 aliphatic rings. The fourth-order valence-corrected chi connectivity index (χ4v) is 3.65. The summed E-state index contributed by atoms with van der Waals surface area (Å²) in [6.45, 7) is 3.32. The molecule has 0 aliphatic carbocycles. The third-order valence-corrected chi connectivity index (χ3v) is 5.38. The molecule has 7 nitrogen and oxygen atoms in total. The second-order valence-corrected chi connectivity index (χ2v) is 7.86. The van der Waals surface area contributed by atoms with Crippen molar-refractivity contribution in [1.29, 1.82) is 0 Å². The number of aliphatic carboxylic acids is 1. The molecule has 0 bridgehead atoms. The van der Waals surface area contributed by atoms with Crippen molar-refractivity contribution in [3.63, 3.8) is 0 Å². The lowest BCUT2D eigenvalue weighted by Crippen LogP contribution is -2.29. The SMILES string of the molecule is Cc1cc(C(=O)NC(CCC(=O)O)c2ccccc2)cc(S(N)(=O)=O)c1C. The number of nitrogens with two attached hydrogens (primary N) is 1. The summed E-state index contributed by atoms with van der Waals surface area (Å²) in [5, 5.41) is 17.0. The summed E-state index contributed by atoms with van der Waals surface area (Å²) >= 11 is 0. The second-order valence-electron chi connectivity index (χ2n) is 6.33. The Bertz CT molecular complexity index is 956. The minimum atomic E-state index is -3.97. The summed E-state index contributed by atoms with van der Waals surface area (Å²) in [7, 11) is -3.97. The molecule has 0 aromatic heterocycles. The van der Waals surface area contributed by atoms with Crippen molar-refractivity contribution >= 4 is 21.9 Å². The van der Waals surface area contributed by atoms with Crippen molar-refractivity contribution in [2.75, 3.05) is 0 Å². The Morgan fingerprint density at radius 2 is 1.78 bits per heavy atom. The maximum absolute atomic E-state index is 12.7. The van der Waals surface area contributed by atoms with Crippen LogP contribution < -0.4 is 10.5 Å². The topological polar surface area (TPSA) is 127 Å². The summed E-state index contributed by atoms with van der Waals surface area (Å²) in [5.74, 6) is -1.46. The van der Waals surface area contributed by atoms with Crippen molar-refractivity contribution in [3.05, 3.63) is 64.7 Å². The predicted molar refractivity (Wildman–Crippen MR) is 101 cm³/mol. The first kappa shape index (κ1) is 20.6. The molecule has 0 fully saturated rings. The van der Waals surface area contributed by atoms with Gasteiger partial charge in [-0.2, -0.15) is 0 Å². The first-order valence-corrected chi connectivity index (χ1v) is 9.86. The third-order valence-electron chi connectivity index (χ3n) is 4.34. The Kier molecular flexibility index (Phi) is 6.35. The van der Waals surface area contributed by atoms with Gasteiger partial charge in [0.05, 0.1) is 10.9 Å². The summed E-state index contributed by atoms with van der Waals surface area (Å²) in [5.41, 5.74) is 2.02. The van der Waals surface area contributed by atoms with Crippen LogP contribution in [0, 0.1) is 13.8 Å². The molecule has 27 heavy (non-hydrogen) atoms. The number of aryl methyl sites for hydroxylation is 1. The molecule has 0 aliphatic heterocycles. The highest BCUT2D eigenvalue weighted by molar-refractivity contribution is 7.89. The van der Waals surface area contributed by atoms with Gasteiger partial charge < -0.3 is 10.4 Å². The molecule has 0 saturated carbocycles. The average molecular weight is 390 g/mol. The van der Waals surface area contributed by atoms with Gasteiger partial charge in [-0.15, -0.1) is 0 Å². The van der Waals surface area contributed by atoms with E-state index < -0.39 is 27.9 Å². The van der Waals surface area contributed by atoms with Gasteiger partial charge in [-0.25, -0.2) is 13.6 Å². The van der Waals surface area contributed by atoms with Crippen LogP contribution in [-0.4, -0.2) is 25.4 Å². The number of rotatable bonds is 7. The van der Waals surface area contributed by atoms with Gasteiger partial charge in [0.15, 0.2) is 0 Å². The van der Waals surface area contributed by atoms with Gasteiger partial charge in [0, 0.05) is 12.0 Å². The zero-order chi connectivity index (χ0) is 20.2. The van der Waals surface area contributed by atoms with Crippen LogP contribution in [0.15, 0.2) is 47.4 Å². The summed E-state index contributed by atoms with van der Waals surface area (Å²) in [6.07, 6.45) is 0.0904. The van der Waals surface area contributed by atoms with Crippen LogP contribution in [0.3, 0.4) is 0 Å². The molecule has 0 spiro atoms. The van der Waals surface area contributed by atoms with Gasteiger partial charge in [0.25, 0.3) is 5.91 Å². The molecule has 0 saturated heterocycles. The molecule has 0 radical (unpaired) electrons. The summed E-state index contributed by atoms with van der Waals surface area (Å²) in [4.78, 5) is 23.6. The number of carbonyl (C=O) groups excluding carboxylic acids is 1. The van der Waals surface area contributed by atoms with E-state index in [9.17, 15) is 18.0 Å². The van der Waals surface area contributed by atoms with E-state index in [1.165, 1.54) is 6.07 Å². The van der Waals surface area contributed by atoms with Crippen LogP contribution in [0.4, 0.5) is 0 Å². The van der Waals surface area contributed by atoms with E-state index >= 15 is 0 Å². The lowest BCUT2D eigenvalue weighted by atomic mass is 10.0. The Morgan fingerprint density at radius 1 is 1.15 bits per heavy atom. The lowest BCUT2D eigenvalue weighted by Gasteiger charge is -2.19. The Labute approximate surface area is 158 Å². The van der Waals surface area contributed by atoms with E-state index in [1.54, 1.807) is 44.2 Å². The fraction of sp³-hybridized carbons (Fsp3) is 0.263. The number of primary sulfonamides is 1. The van der Waals surface area contributed by atoms with Crippen molar-refractivity contribution in [1.82, 2.24) is 5.32 Å². The van der Waals surface area contributed by atoms with E-state index in [2.05, 4.69) is 5.32 Å². The van der Waals surface area contributed by atoms with Crippen LogP contribution in [0.2, 0.25) is 0 Å². The van der Waals surface area contributed by atoms with Crippen molar-refractivity contribution in [3.8, 4) is 0 Å². The standard InChI is InChI=1S/C19H22N2O5S/c1-12-10-15(11-17(13(12)2)27(20,25)26)19(24)21-16(8-9-18(22)23)14-6-4-3-5-7-14/h3-7,10-11,16H,8-9H2,1-2H3,(H,21,24)(H,22,23)(H2,20,25,26). The van der Waals surface area contributed by atoms with Crippen molar-refractivity contribution in [2.24, 2.45) is 5.14 Å². The number of hydrogen-bond donors (Lipinski definition) is 3. The van der Waals surface area contributed by atoms with Gasteiger partial charge in [0.1, 0.15) is 0 Å². The zero-order valence-electron chi connectivity index (χ0n) is 15.1. The quantitative estimate of drug-likeness (QED) is 0.668. The number of carboxylic acid groups (broad SMARTS) is 1. The Balaban J connectivity index is 2.35.